The molecular formula is C37H28N4. The van der Waals surface area contributed by atoms with Crippen LogP contribution in [0.2, 0.25) is 0 Å². The quantitative estimate of drug-likeness (QED) is 0.220. The molecule has 1 aliphatic carbocycles. The Kier molecular flexibility index (Phi) is 4.48. The summed E-state index contributed by atoms with van der Waals surface area (Å²) in [5.74, 6) is 0. The monoisotopic (exact) mass is 528 g/mol. The second-order valence-corrected chi connectivity index (χ2v) is 11.8. The summed E-state index contributed by atoms with van der Waals surface area (Å²) < 4.78 is 4.68. The zero-order valence-electron chi connectivity index (χ0n) is 23.1. The lowest BCUT2D eigenvalue weighted by molar-refractivity contribution is 0.659. The molecule has 196 valence electrons. The van der Waals surface area contributed by atoms with Gasteiger partial charge >= 0.3 is 0 Å². The van der Waals surface area contributed by atoms with Crippen LogP contribution in [0.15, 0.2) is 108 Å². The fraction of sp³-hybridized carbons (Fsp3) is 0.135. The van der Waals surface area contributed by atoms with Crippen molar-refractivity contribution in [3.05, 3.63) is 120 Å². The molecule has 0 spiro atoms. The number of pyridine rings is 1. The van der Waals surface area contributed by atoms with Crippen LogP contribution in [0.3, 0.4) is 0 Å². The number of benzene rings is 4. The van der Waals surface area contributed by atoms with Crippen LogP contribution in [-0.2, 0) is 11.8 Å². The molecule has 41 heavy (non-hydrogen) atoms. The van der Waals surface area contributed by atoms with E-state index >= 15 is 0 Å². The SMILES string of the molecule is CC1(C)c2ccccc2-c2ccc(-n3c4c(c5cc6c7ccccc7n(-c7ccccc7)c6nc53)N=CCC4)cc21. The molecule has 0 N–H and O–H groups in total. The fourth-order valence-corrected chi connectivity index (χ4v) is 7.29. The zero-order valence-corrected chi connectivity index (χ0v) is 23.1. The van der Waals surface area contributed by atoms with Crippen LogP contribution in [0, 0.1) is 0 Å². The van der Waals surface area contributed by atoms with E-state index in [-0.39, 0.29) is 5.41 Å². The third-order valence-corrected chi connectivity index (χ3v) is 9.21. The number of rotatable bonds is 2. The zero-order chi connectivity index (χ0) is 27.3. The summed E-state index contributed by atoms with van der Waals surface area (Å²) in [6, 6.07) is 37.3. The molecule has 4 heterocycles. The highest BCUT2D eigenvalue weighted by Crippen LogP contribution is 2.50. The molecule has 1 aliphatic heterocycles. The second kappa shape index (κ2) is 8.05. The third kappa shape index (κ3) is 2.99. The van der Waals surface area contributed by atoms with Crippen LogP contribution < -0.4 is 0 Å². The highest BCUT2D eigenvalue weighted by molar-refractivity contribution is 6.13. The Balaban J connectivity index is 1.37. The molecule has 2 aliphatic rings. The fourth-order valence-electron chi connectivity index (χ4n) is 7.29. The molecular weight excluding hydrogens is 500 g/mol. The van der Waals surface area contributed by atoms with Gasteiger partial charge in [0.1, 0.15) is 11.3 Å². The van der Waals surface area contributed by atoms with Gasteiger partial charge < -0.3 is 0 Å². The van der Waals surface area contributed by atoms with Crippen LogP contribution in [0.1, 0.15) is 37.1 Å². The van der Waals surface area contributed by atoms with Gasteiger partial charge in [0.25, 0.3) is 0 Å². The largest absolute Gasteiger partial charge is 0.296 e. The summed E-state index contributed by atoms with van der Waals surface area (Å²) in [5.41, 5.74) is 13.0. The van der Waals surface area contributed by atoms with Crippen molar-refractivity contribution < 1.29 is 0 Å². The molecule has 0 amide bonds. The molecule has 4 heteroatoms. The first-order valence-electron chi connectivity index (χ1n) is 14.4. The Morgan fingerprint density at radius 3 is 2.29 bits per heavy atom. The van der Waals surface area contributed by atoms with Crippen LogP contribution in [0.5, 0.6) is 0 Å². The minimum Gasteiger partial charge on any atom is -0.296 e. The summed E-state index contributed by atoms with van der Waals surface area (Å²) in [6.45, 7) is 4.68. The topological polar surface area (TPSA) is 35.1 Å². The standard InChI is InChI=1S/C37H28N4/c1-37(2)30-15-8-6-13-25(30)26-19-18-24(21-31(26)37)41-33-17-10-20-38-34(33)29-22-28-27-14-7-9-16-32(27)40(35(28)39-36(29)41)23-11-4-3-5-12-23/h3-9,11-16,18-22H,10,17H2,1-2H3. The number of aromatic nitrogens is 3. The van der Waals surface area contributed by atoms with E-state index < -0.39 is 0 Å². The lowest BCUT2D eigenvalue weighted by atomic mass is 9.82. The van der Waals surface area contributed by atoms with Crippen LogP contribution in [-0.4, -0.2) is 20.3 Å². The summed E-state index contributed by atoms with van der Waals surface area (Å²) in [5, 5.41) is 3.48. The van der Waals surface area contributed by atoms with Gasteiger partial charge in [-0.1, -0.05) is 80.6 Å². The average Bonchev–Trinajstić information content (AvgIpc) is 3.60. The highest BCUT2D eigenvalue weighted by atomic mass is 15.1. The normalized spacial score (nSPS) is 15.0. The van der Waals surface area contributed by atoms with E-state index in [2.05, 4.69) is 132 Å². The number of hydrogen-bond acceptors (Lipinski definition) is 2. The number of fused-ring (bicyclic) bond motifs is 9. The van der Waals surface area contributed by atoms with Crippen molar-refractivity contribution in [2.75, 3.05) is 0 Å². The third-order valence-electron chi connectivity index (χ3n) is 9.21. The van der Waals surface area contributed by atoms with E-state index in [1.807, 2.05) is 0 Å². The van der Waals surface area contributed by atoms with Gasteiger partial charge in [-0.2, -0.15) is 0 Å². The number of para-hydroxylation sites is 2. The molecule has 0 atom stereocenters. The van der Waals surface area contributed by atoms with Crippen molar-refractivity contribution in [2.24, 2.45) is 4.99 Å². The molecule has 0 unspecified atom stereocenters. The smallest absolute Gasteiger partial charge is 0.149 e. The minimum absolute atomic E-state index is 0.0659. The van der Waals surface area contributed by atoms with Crippen molar-refractivity contribution in [1.82, 2.24) is 14.1 Å². The Morgan fingerprint density at radius 1 is 0.634 bits per heavy atom. The van der Waals surface area contributed by atoms with E-state index in [0.717, 1.165) is 57.5 Å². The predicted octanol–water partition coefficient (Wildman–Crippen LogP) is 9.08. The maximum Gasteiger partial charge on any atom is 0.149 e. The van der Waals surface area contributed by atoms with Gasteiger partial charge in [0, 0.05) is 39.2 Å². The minimum atomic E-state index is -0.0659. The van der Waals surface area contributed by atoms with Gasteiger partial charge in [0.05, 0.1) is 16.9 Å². The maximum absolute atomic E-state index is 5.49. The maximum atomic E-state index is 5.49. The Hall–Kier alpha value is -4.96. The first kappa shape index (κ1) is 22.8. The van der Waals surface area contributed by atoms with Crippen molar-refractivity contribution in [2.45, 2.75) is 32.1 Å². The van der Waals surface area contributed by atoms with Gasteiger partial charge in [0.2, 0.25) is 0 Å². The molecule has 9 rings (SSSR count). The Morgan fingerprint density at radius 2 is 1.39 bits per heavy atom. The molecule has 0 radical (unpaired) electrons. The first-order valence-corrected chi connectivity index (χ1v) is 14.4. The molecule has 4 nitrogen and oxygen atoms in total. The average molecular weight is 529 g/mol. The molecule has 3 aromatic heterocycles. The summed E-state index contributed by atoms with van der Waals surface area (Å²) in [4.78, 5) is 10.5. The van der Waals surface area contributed by atoms with Crippen molar-refractivity contribution in [3.63, 3.8) is 0 Å². The Bertz CT molecular complexity index is 2230. The molecule has 7 aromatic rings. The van der Waals surface area contributed by atoms with E-state index in [4.69, 9.17) is 9.98 Å². The lowest BCUT2D eigenvalue weighted by Gasteiger charge is -2.22. The molecule has 0 saturated carbocycles. The Labute approximate surface area is 238 Å². The van der Waals surface area contributed by atoms with Gasteiger partial charge in [-0.25, -0.2) is 4.98 Å². The van der Waals surface area contributed by atoms with E-state index in [0.29, 0.717) is 0 Å². The van der Waals surface area contributed by atoms with E-state index in [1.54, 1.807) is 0 Å². The van der Waals surface area contributed by atoms with Gasteiger partial charge in [-0.3, -0.25) is 14.1 Å². The number of aliphatic imine (C=N–C) groups is 1. The lowest BCUT2D eigenvalue weighted by Crippen LogP contribution is -2.15. The molecule has 0 saturated heterocycles. The number of hydrogen-bond donors (Lipinski definition) is 0. The van der Waals surface area contributed by atoms with Crippen molar-refractivity contribution >= 4 is 44.9 Å². The van der Waals surface area contributed by atoms with Gasteiger partial charge in [-0.05, 0) is 71.5 Å². The van der Waals surface area contributed by atoms with Crippen LogP contribution in [0.25, 0.3) is 55.5 Å². The van der Waals surface area contributed by atoms with Crippen molar-refractivity contribution in [3.8, 4) is 22.5 Å². The molecule has 0 bridgehead atoms. The van der Waals surface area contributed by atoms with E-state index in [9.17, 15) is 0 Å². The number of nitrogens with zero attached hydrogens (tertiary/aromatic N) is 4. The van der Waals surface area contributed by atoms with Crippen molar-refractivity contribution in [1.29, 1.82) is 0 Å². The summed E-state index contributed by atoms with van der Waals surface area (Å²) in [6.07, 6.45) is 3.94. The predicted molar refractivity (Wildman–Crippen MR) is 169 cm³/mol. The van der Waals surface area contributed by atoms with Crippen LogP contribution >= 0.6 is 0 Å². The second-order valence-electron chi connectivity index (χ2n) is 11.8. The van der Waals surface area contributed by atoms with Gasteiger partial charge in [0.15, 0.2) is 0 Å². The summed E-state index contributed by atoms with van der Waals surface area (Å²) in [7, 11) is 0. The summed E-state index contributed by atoms with van der Waals surface area (Å²) >= 11 is 0. The first-order chi connectivity index (χ1) is 20.1. The van der Waals surface area contributed by atoms with Gasteiger partial charge in [-0.15, -0.1) is 0 Å². The highest BCUT2D eigenvalue weighted by Gasteiger charge is 2.35. The van der Waals surface area contributed by atoms with Crippen LogP contribution in [0.4, 0.5) is 5.69 Å². The van der Waals surface area contributed by atoms with E-state index in [1.165, 1.54) is 33.3 Å². The molecule has 4 aromatic carbocycles. The molecule has 0 fully saturated rings.